The normalized spacial score (nSPS) is 14.5. The molecule has 0 saturated heterocycles. The molecule has 0 bridgehead atoms. The zero-order valence-electron chi connectivity index (χ0n) is 12.8. The third-order valence-corrected chi connectivity index (χ3v) is 4.46. The van der Waals surface area contributed by atoms with Crippen molar-refractivity contribution in [3.8, 4) is 11.5 Å². The molecule has 0 aliphatic heterocycles. The second-order valence-electron chi connectivity index (χ2n) is 5.69. The maximum absolute atomic E-state index is 13.0. The fourth-order valence-corrected chi connectivity index (χ4v) is 3.03. The number of nitrogens with one attached hydrogen (secondary N) is 1. The van der Waals surface area contributed by atoms with Crippen LogP contribution in [0.2, 0.25) is 0 Å². The van der Waals surface area contributed by atoms with Gasteiger partial charge in [-0.05, 0) is 48.6 Å². The van der Waals surface area contributed by atoms with E-state index in [0.717, 1.165) is 17.6 Å². The van der Waals surface area contributed by atoms with Gasteiger partial charge in [0.05, 0.1) is 5.56 Å². The van der Waals surface area contributed by atoms with Crippen LogP contribution < -0.4 is 5.32 Å². The Balaban J connectivity index is 1.59. The number of hydrogen-bond acceptors (Lipinski definition) is 6. The van der Waals surface area contributed by atoms with Crippen molar-refractivity contribution >= 4 is 22.5 Å². The lowest BCUT2D eigenvalue weighted by atomic mass is 10.1. The fraction of sp³-hybridized carbons (Fsp3) is 0.250. The minimum Gasteiger partial charge on any atom is -0.314 e. The zero-order chi connectivity index (χ0) is 17.4. The van der Waals surface area contributed by atoms with E-state index in [9.17, 15) is 13.2 Å². The summed E-state index contributed by atoms with van der Waals surface area (Å²) in [7, 11) is 0. The first kappa shape index (κ1) is 15.9. The number of alkyl halides is 3. The molecule has 0 aromatic carbocycles. The van der Waals surface area contributed by atoms with Crippen LogP contribution in [-0.2, 0) is 6.18 Å². The minimum absolute atomic E-state index is 0.234. The Morgan fingerprint density at radius 2 is 1.96 bits per heavy atom. The summed E-state index contributed by atoms with van der Waals surface area (Å²) >= 11 is 0.969. The maximum atomic E-state index is 13.0. The number of pyridine rings is 2. The molecule has 0 atom stereocenters. The molecular formula is C16H12F3N5S. The molecule has 1 aliphatic rings. The highest BCUT2D eigenvalue weighted by Gasteiger charge is 2.34. The Labute approximate surface area is 145 Å². The summed E-state index contributed by atoms with van der Waals surface area (Å²) in [5, 5.41) is 2.84. The topological polar surface area (TPSA) is 63.6 Å². The van der Waals surface area contributed by atoms with Gasteiger partial charge in [-0.2, -0.15) is 22.5 Å². The predicted molar refractivity (Wildman–Crippen MR) is 87.6 cm³/mol. The molecule has 128 valence electrons. The molecule has 1 saturated carbocycles. The van der Waals surface area contributed by atoms with Crippen LogP contribution >= 0.6 is 11.5 Å². The standard InChI is InChI=1S/C16H12F3N5S/c17-16(18,19)11-2-1-6-21-13(11)22-15-23-14(24-25-15)12-8-10(5-7-20-12)9-3-4-9/h1-2,5-9H,3-4H2,(H,21,22,23,24). The summed E-state index contributed by atoms with van der Waals surface area (Å²) in [6.07, 6.45) is 0.837. The maximum Gasteiger partial charge on any atom is 0.419 e. The van der Waals surface area contributed by atoms with E-state index in [1.807, 2.05) is 12.1 Å². The van der Waals surface area contributed by atoms with Crippen LogP contribution in [0.15, 0.2) is 36.7 Å². The van der Waals surface area contributed by atoms with Crippen LogP contribution in [0.3, 0.4) is 0 Å². The molecule has 5 nitrogen and oxygen atoms in total. The number of anilines is 2. The Morgan fingerprint density at radius 1 is 1.12 bits per heavy atom. The Kier molecular flexibility index (Phi) is 3.87. The first-order valence-electron chi connectivity index (χ1n) is 7.60. The van der Waals surface area contributed by atoms with E-state index >= 15 is 0 Å². The molecule has 9 heteroatoms. The highest BCUT2D eigenvalue weighted by molar-refractivity contribution is 7.09. The number of hydrogen-bond donors (Lipinski definition) is 1. The van der Waals surface area contributed by atoms with Crippen LogP contribution in [-0.4, -0.2) is 19.3 Å². The lowest BCUT2D eigenvalue weighted by Crippen LogP contribution is -2.09. The van der Waals surface area contributed by atoms with Gasteiger partial charge >= 0.3 is 6.18 Å². The van der Waals surface area contributed by atoms with Crippen LogP contribution in [0.25, 0.3) is 11.5 Å². The first-order valence-corrected chi connectivity index (χ1v) is 8.37. The third-order valence-electron chi connectivity index (χ3n) is 3.83. The van der Waals surface area contributed by atoms with Gasteiger partial charge in [0.1, 0.15) is 11.5 Å². The van der Waals surface area contributed by atoms with E-state index < -0.39 is 11.7 Å². The molecule has 3 heterocycles. The predicted octanol–water partition coefficient (Wildman–Crippen LogP) is 4.63. The van der Waals surface area contributed by atoms with Crippen LogP contribution in [0, 0.1) is 0 Å². The van der Waals surface area contributed by atoms with Crippen LogP contribution in [0.4, 0.5) is 24.1 Å². The summed E-state index contributed by atoms with van der Waals surface area (Å²) in [6, 6.07) is 6.12. The largest absolute Gasteiger partial charge is 0.419 e. The van der Waals surface area contributed by atoms with Gasteiger partial charge < -0.3 is 5.32 Å². The number of rotatable bonds is 4. The van der Waals surface area contributed by atoms with Gasteiger partial charge in [-0.3, -0.25) is 4.98 Å². The molecule has 3 aromatic heterocycles. The van der Waals surface area contributed by atoms with E-state index in [-0.39, 0.29) is 10.9 Å². The van der Waals surface area contributed by atoms with Crippen molar-refractivity contribution < 1.29 is 13.2 Å². The average Bonchev–Trinajstić information content (AvgIpc) is 3.34. The number of aromatic nitrogens is 4. The molecule has 1 fully saturated rings. The Morgan fingerprint density at radius 3 is 2.72 bits per heavy atom. The SMILES string of the molecule is FC(F)(F)c1cccnc1Nc1nc(-c2cc(C3CC3)ccn2)ns1. The van der Waals surface area contributed by atoms with Gasteiger partial charge in [0.15, 0.2) is 5.82 Å². The van der Waals surface area contributed by atoms with Gasteiger partial charge in [0.2, 0.25) is 5.13 Å². The highest BCUT2D eigenvalue weighted by Crippen LogP contribution is 2.40. The Bertz CT molecular complexity index is 905. The van der Waals surface area contributed by atoms with Gasteiger partial charge in [-0.25, -0.2) is 4.98 Å². The van der Waals surface area contributed by atoms with Crippen molar-refractivity contribution in [1.82, 2.24) is 19.3 Å². The zero-order valence-corrected chi connectivity index (χ0v) is 13.6. The smallest absolute Gasteiger partial charge is 0.314 e. The minimum atomic E-state index is -4.50. The van der Waals surface area contributed by atoms with Gasteiger partial charge in [-0.15, -0.1) is 0 Å². The number of halogens is 3. The van der Waals surface area contributed by atoms with E-state index in [2.05, 4.69) is 24.6 Å². The third kappa shape index (κ3) is 3.46. The van der Waals surface area contributed by atoms with Crippen molar-refractivity contribution in [2.75, 3.05) is 5.32 Å². The van der Waals surface area contributed by atoms with E-state index in [4.69, 9.17) is 0 Å². The molecule has 1 N–H and O–H groups in total. The second-order valence-corrected chi connectivity index (χ2v) is 6.45. The molecule has 1 aliphatic carbocycles. The summed E-state index contributed by atoms with van der Waals surface area (Å²) in [5.41, 5.74) is 0.963. The van der Waals surface area contributed by atoms with E-state index in [1.54, 1.807) is 6.20 Å². The molecule has 0 radical (unpaired) electrons. The van der Waals surface area contributed by atoms with Crippen molar-refractivity contribution in [2.24, 2.45) is 0 Å². The number of nitrogens with zero attached hydrogens (tertiary/aromatic N) is 4. The summed E-state index contributed by atoms with van der Waals surface area (Å²) in [6.45, 7) is 0. The van der Waals surface area contributed by atoms with E-state index in [0.29, 0.717) is 17.4 Å². The monoisotopic (exact) mass is 363 g/mol. The molecule has 3 aromatic rings. The summed E-state index contributed by atoms with van der Waals surface area (Å²) < 4.78 is 43.3. The highest BCUT2D eigenvalue weighted by atomic mass is 32.1. The molecular weight excluding hydrogens is 351 g/mol. The van der Waals surface area contributed by atoms with Crippen LogP contribution in [0.5, 0.6) is 0 Å². The van der Waals surface area contributed by atoms with E-state index in [1.165, 1.54) is 30.7 Å². The molecule has 25 heavy (non-hydrogen) atoms. The first-order chi connectivity index (χ1) is 12.0. The average molecular weight is 363 g/mol. The van der Waals surface area contributed by atoms with Crippen molar-refractivity contribution in [2.45, 2.75) is 24.9 Å². The second kappa shape index (κ2) is 6.07. The van der Waals surface area contributed by atoms with Crippen LogP contribution in [0.1, 0.15) is 29.9 Å². The summed E-state index contributed by atoms with van der Waals surface area (Å²) in [5.74, 6) is 0.665. The molecule has 0 unspecified atom stereocenters. The quantitative estimate of drug-likeness (QED) is 0.732. The fourth-order valence-electron chi connectivity index (χ4n) is 2.45. The van der Waals surface area contributed by atoms with Crippen molar-refractivity contribution in [3.63, 3.8) is 0 Å². The van der Waals surface area contributed by atoms with Gasteiger partial charge in [0.25, 0.3) is 0 Å². The summed E-state index contributed by atoms with van der Waals surface area (Å²) in [4.78, 5) is 12.3. The molecule has 4 rings (SSSR count). The molecule has 0 spiro atoms. The van der Waals surface area contributed by atoms with Crippen molar-refractivity contribution in [1.29, 1.82) is 0 Å². The molecule has 0 amide bonds. The lowest BCUT2D eigenvalue weighted by Gasteiger charge is -2.11. The Hall–Kier alpha value is -2.55. The van der Waals surface area contributed by atoms with Crippen molar-refractivity contribution in [3.05, 3.63) is 47.8 Å². The van der Waals surface area contributed by atoms with Gasteiger partial charge in [-0.1, -0.05) is 0 Å². The lowest BCUT2D eigenvalue weighted by molar-refractivity contribution is -0.137. The van der Waals surface area contributed by atoms with Gasteiger partial charge in [0, 0.05) is 23.9 Å².